The van der Waals surface area contributed by atoms with Crippen molar-refractivity contribution in [3.05, 3.63) is 0 Å². The molecule has 2 unspecified atom stereocenters. The van der Waals surface area contributed by atoms with E-state index in [1.54, 1.807) is 0 Å². The molecular weight excluding hydrogens is 370 g/mol. The maximum absolute atomic E-state index is 12.1. The van der Waals surface area contributed by atoms with E-state index >= 15 is 0 Å². The molecule has 2 rings (SSSR count). The number of nitrogens with one attached hydrogen (secondary N) is 1. The van der Waals surface area contributed by atoms with Gasteiger partial charge in [-0.3, -0.25) is 4.79 Å². The third-order valence-electron chi connectivity index (χ3n) is 4.61. The molecule has 12 nitrogen and oxygen atoms in total. The zero-order valence-corrected chi connectivity index (χ0v) is 14.9. The fraction of sp³-hybridized carbons (Fsp3) is 0.933. The number of aliphatic hydroxyl groups excluding tert-OH is 5. The lowest BCUT2D eigenvalue weighted by atomic mass is 9.95. The predicted octanol–water partition coefficient (Wildman–Crippen LogP) is -5.23. The van der Waals surface area contributed by atoms with E-state index in [1.807, 2.05) is 0 Å². The van der Waals surface area contributed by atoms with Crippen LogP contribution in [-0.2, 0) is 23.7 Å². The molecule has 0 saturated carbocycles. The minimum absolute atomic E-state index is 0.559. The van der Waals surface area contributed by atoms with Crippen molar-refractivity contribution in [3.63, 3.8) is 0 Å². The zero-order chi connectivity index (χ0) is 20.3. The van der Waals surface area contributed by atoms with Gasteiger partial charge in [0, 0.05) is 20.3 Å². The summed E-state index contributed by atoms with van der Waals surface area (Å²) in [4.78, 5) is 11.4. The van der Waals surface area contributed by atoms with Gasteiger partial charge in [0.25, 0.3) is 0 Å². The van der Waals surface area contributed by atoms with Gasteiger partial charge < -0.3 is 54.9 Å². The van der Waals surface area contributed by atoms with Gasteiger partial charge in [0.2, 0.25) is 5.91 Å². The van der Waals surface area contributed by atoms with Crippen LogP contribution in [0.1, 0.15) is 6.92 Å². The number of methoxy groups -OCH3 is 1. The zero-order valence-electron chi connectivity index (χ0n) is 14.9. The van der Waals surface area contributed by atoms with E-state index in [-0.39, 0.29) is 0 Å². The number of carbonyl (C=O) groups excluding carboxylic acids is 1. The van der Waals surface area contributed by atoms with E-state index in [1.165, 1.54) is 14.0 Å². The molecule has 158 valence electrons. The molecule has 27 heavy (non-hydrogen) atoms. The highest BCUT2D eigenvalue weighted by molar-refractivity contribution is 5.73. The Labute approximate surface area is 155 Å². The first-order valence-electron chi connectivity index (χ1n) is 8.43. The van der Waals surface area contributed by atoms with Crippen molar-refractivity contribution in [2.75, 3.05) is 20.3 Å². The Morgan fingerprint density at radius 1 is 1.04 bits per heavy atom. The fourth-order valence-corrected chi connectivity index (χ4v) is 3.19. The highest BCUT2D eigenvalue weighted by Gasteiger charge is 2.49. The van der Waals surface area contributed by atoms with Gasteiger partial charge in [0.05, 0.1) is 19.3 Å². The third kappa shape index (κ3) is 4.74. The molecule has 0 aromatic heterocycles. The molecule has 2 heterocycles. The quantitative estimate of drug-likeness (QED) is 0.251. The van der Waals surface area contributed by atoms with Gasteiger partial charge in [-0.1, -0.05) is 0 Å². The molecule has 10 atom stereocenters. The summed E-state index contributed by atoms with van der Waals surface area (Å²) in [5, 5.41) is 63.7. The summed E-state index contributed by atoms with van der Waals surface area (Å²) in [6.45, 7) is -0.138. The molecule has 0 aliphatic carbocycles. The molecular formula is C15H26NO11-. The predicted molar refractivity (Wildman–Crippen MR) is 82.8 cm³/mol. The lowest BCUT2D eigenvalue weighted by molar-refractivity contribution is -0.536. The van der Waals surface area contributed by atoms with Gasteiger partial charge in [0.15, 0.2) is 6.29 Å². The van der Waals surface area contributed by atoms with Crippen LogP contribution in [-0.4, -0.2) is 113 Å². The van der Waals surface area contributed by atoms with Gasteiger partial charge in [-0.15, -0.1) is 0 Å². The van der Waals surface area contributed by atoms with Crippen molar-refractivity contribution in [3.8, 4) is 0 Å². The number of carbonyl (C=O) groups is 1. The lowest BCUT2D eigenvalue weighted by Crippen LogP contribution is -2.68. The second-order valence-corrected chi connectivity index (χ2v) is 6.45. The van der Waals surface area contributed by atoms with E-state index in [4.69, 9.17) is 18.9 Å². The Morgan fingerprint density at radius 2 is 1.63 bits per heavy atom. The Bertz CT molecular complexity index is 494. The number of ether oxygens (including phenoxy) is 4. The van der Waals surface area contributed by atoms with E-state index in [0.717, 1.165) is 0 Å². The number of aliphatic hydroxyl groups is 5. The van der Waals surface area contributed by atoms with Crippen LogP contribution in [0.15, 0.2) is 0 Å². The topological polar surface area (TPSA) is 190 Å². The Balaban J connectivity index is 2.26. The second kappa shape index (κ2) is 9.52. The molecule has 0 aromatic carbocycles. The molecule has 0 spiro atoms. The van der Waals surface area contributed by atoms with Gasteiger partial charge in [-0.05, 0) is 0 Å². The second-order valence-electron chi connectivity index (χ2n) is 6.45. The highest BCUT2D eigenvalue weighted by atomic mass is 16.7. The molecule has 6 N–H and O–H groups in total. The van der Waals surface area contributed by atoms with Crippen molar-refractivity contribution < 1.29 is 54.4 Å². The van der Waals surface area contributed by atoms with Crippen LogP contribution in [0.4, 0.5) is 0 Å². The van der Waals surface area contributed by atoms with E-state index in [0.29, 0.717) is 0 Å². The number of hydrogen-bond acceptors (Lipinski definition) is 11. The molecule has 0 bridgehead atoms. The van der Waals surface area contributed by atoms with Crippen molar-refractivity contribution in [1.29, 1.82) is 0 Å². The Kier molecular flexibility index (Phi) is 7.88. The highest BCUT2D eigenvalue weighted by Crippen LogP contribution is 2.29. The summed E-state index contributed by atoms with van der Waals surface area (Å²) in [6.07, 6.45) is -12.9. The number of rotatable bonds is 6. The molecule has 12 heteroatoms. The monoisotopic (exact) mass is 396 g/mol. The SMILES string of the molecule is CO[C@H]1C([O-])O[C@H](CO)[C@H](O)[C@@H]1OC1O[C@H](CO)[C@@H](O)[C@H](O)[C@H]1NC(C)=O. The Morgan fingerprint density at radius 3 is 2.15 bits per heavy atom. The minimum Gasteiger partial charge on any atom is -0.829 e. The molecule has 1 amide bonds. The van der Waals surface area contributed by atoms with Crippen LogP contribution in [0.25, 0.3) is 0 Å². The maximum atomic E-state index is 12.1. The average Bonchev–Trinajstić information content (AvgIpc) is 2.63. The van der Waals surface area contributed by atoms with Crippen molar-refractivity contribution >= 4 is 5.91 Å². The Hall–Kier alpha value is -0.930. The van der Waals surface area contributed by atoms with Crippen LogP contribution >= 0.6 is 0 Å². The molecule has 2 aliphatic heterocycles. The minimum atomic E-state index is -1.78. The summed E-state index contributed by atoms with van der Waals surface area (Å²) >= 11 is 0. The van der Waals surface area contributed by atoms with E-state index < -0.39 is 80.5 Å². The first-order valence-corrected chi connectivity index (χ1v) is 8.43. The van der Waals surface area contributed by atoms with Crippen LogP contribution in [0, 0.1) is 0 Å². The van der Waals surface area contributed by atoms with Gasteiger partial charge in [-0.25, -0.2) is 0 Å². The molecule has 0 aromatic rings. The summed E-state index contributed by atoms with van der Waals surface area (Å²) < 4.78 is 21.0. The van der Waals surface area contributed by atoms with Crippen molar-refractivity contribution in [2.24, 2.45) is 0 Å². The fourth-order valence-electron chi connectivity index (χ4n) is 3.19. The van der Waals surface area contributed by atoms with Crippen molar-refractivity contribution in [2.45, 2.75) is 68.3 Å². The van der Waals surface area contributed by atoms with Crippen LogP contribution in [0.5, 0.6) is 0 Å². The van der Waals surface area contributed by atoms with Gasteiger partial charge >= 0.3 is 0 Å². The van der Waals surface area contributed by atoms with Gasteiger partial charge in [0.1, 0.15) is 42.7 Å². The van der Waals surface area contributed by atoms with E-state index in [2.05, 4.69) is 5.32 Å². The standard InChI is InChI=1S/C15H26NO11/c1-5(19)16-8-11(22)9(20)6(3-17)26-15(8)27-12-10(21)7(4-18)25-14(23)13(12)24-2/h6-15,17-18,20-22H,3-4H2,1-2H3,(H,16,19)/q-1/t6-,7-,8-,9-,10+,11-,12+,13-,14?,15?/m1/s1. The first kappa shape index (κ1) is 22.4. The molecule has 0 radical (unpaired) electrons. The first-order chi connectivity index (χ1) is 12.7. The number of hydrogen-bond donors (Lipinski definition) is 6. The van der Waals surface area contributed by atoms with E-state index in [9.17, 15) is 35.4 Å². The normalized spacial score (nSPS) is 45.5. The summed E-state index contributed by atoms with van der Waals surface area (Å²) in [7, 11) is 1.20. The molecule has 2 aliphatic rings. The van der Waals surface area contributed by atoms with Gasteiger partial charge in [-0.2, -0.15) is 0 Å². The maximum Gasteiger partial charge on any atom is 0.217 e. The number of amides is 1. The average molecular weight is 396 g/mol. The molecule has 2 fully saturated rings. The van der Waals surface area contributed by atoms with Crippen molar-refractivity contribution in [1.82, 2.24) is 5.32 Å². The summed E-state index contributed by atoms with van der Waals surface area (Å²) in [5.41, 5.74) is 0. The third-order valence-corrected chi connectivity index (χ3v) is 4.61. The summed E-state index contributed by atoms with van der Waals surface area (Å²) in [5.74, 6) is -0.559. The summed E-state index contributed by atoms with van der Waals surface area (Å²) in [6, 6.07) is -1.26. The molecule has 2 saturated heterocycles. The van der Waals surface area contributed by atoms with Crippen LogP contribution < -0.4 is 10.4 Å². The van der Waals surface area contributed by atoms with Crippen LogP contribution in [0.2, 0.25) is 0 Å². The largest absolute Gasteiger partial charge is 0.829 e. The smallest absolute Gasteiger partial charge is 0.217 e. The van der Waals surface area contributed by atoms with Crippen LogP contribution in [0.3, 0.4) is 0 Å². The lowest BCUT2D eigenvalue weighted by Gasteiger charge is -2.49.